The molecule has 0 saturated carbocycles. The van der Waals surface area contributed by atoms with E-state index in [1.165, 1.54) is 23.6 Å². The molecule has 1 unspecified atom stereocenters. The van der Waals surface area contributed by atoms with Crippen LogP contribution in [0, 0.1) is 11.4 Å². The Morgan fingerprint density at radius 3 is 2.67 bits per heavy atom. The zero-order valence-electron chi connectivity index (χ0n) is 22.1. The maximum absolute atomic E-state index is 13.5. The van der Waals surface area contributed by atoms with Crippen LogP contribution in [0.3, 0.4) is 0 Å². The summed E-state index contributed by atoms with van der Waals surface area (Å²) in [7, 11) is 0. The van der Waals surface area contributed by atoms with Gasteiger partial charge in [-0.15, -0.1) is 11.3 Å². The van der Waals surface area contributed by atoms with E-state index in [9.17, 15) is 14.0 Å². The molecule has 0 spiro atoms. The van der Waals surface area contributed by atoms with Gasteiger partial charge in [0.1, 0.15) is 5.69 Å². The van der Waals surface area contributed by atoms with Gasteiger partial charge in [-0.2, -0.15) is 4.39 Å². The number of rotatable bonds is 7. The third-order valence-electron chi connectivity index (χ3n) is 6.68. The number of carbonyl (C=O) groups is 2. The Hall–Kier alpha value is -4.05. The van der Waals surface area contributed by atoms with E-state index in [1.807, 2.05) is 50.4 Å². The number of hydrogen-bond acceptors (Lipinski definition) is 6. The molecule has 1 aliphatic heterocycles. The molecule has 5 rings (SSSR count). The van der Waals surface area contributed by atoms with E-state index in [0.29, 0.717) is 17.4 Å². The van der Waals surface area contributed by atoms with Gasteiger partial charge in [0.2, 0.25) is 11.9 Å². The average molecular weight is 547 g/mol. The Bertz CT molecular complexity index is 1470. The third-order valence-corrected chi connectivity index (χ3v) is 7.46. The third kappa shape index (κ3) is 6.17. The van der Waals surface area contributed by atoms with Crippen molar-refractivity contribution in [2.24, 2.45) is 5.41 Å². The van der Waals surface area contributed by atoms with Crippen LogP contribution in [0.25, 0.3) is 0 Å². The molecule has 1 saturated heterocycles. The minimum Gasteiger partial charge on any atom is -0.363 e. The molecule has 0 radical (unpaired) electrons. The largest absolute Gasteiger partial charge is 0.363 e. The SMILES string of the molecule is CC(C)(C)C(=O)Nc1ccc(N2CCCC2c2csc(NC(=O)c3cccn3Cc3ccnc(F)c3)n2)cc1. The molecule has 2 amide bonds. The van der Waals surface area contributed by atoms with E-state index >= 15 is 0 Å². The first-order valence-electron chi connectivity index (χ1n) is 12.9. The van der Waals surface area contributed by atoms with Gasteiger partial charge in [-0.3, -0.25) is 14.9 Å². The summed E-state index contributed by atoms with van der Waals surface area (Å²) in [5.41, 5.74) is 3.47. The Morgan fingerprint density at radius 2 is 1.92 bits per heavy atom. The highest BCUT2D eigenvalue weighted by Gasteiger charge is 2.29. The van der Waals surface area contributed by atoms with E-state index in [1.54, 1.807) is 29.0 Å². The fraction of sp³-hybridized carbons (Fsp3) is 0.310. The van der Waals surface area contributed by atoms with Crippen molar-refractivity contribution in [3.63, 3.8) is 0 Å². The molecule has 2 N–H and O–H groups in total. The summed E-state index contributed by atoms with van der Waals surface area (Å²) in [5.74, 6) is -0.846. The van der Waals surface area contributed by atoms with Crippen molar-refractivity contribution in [2.75, 3.05) is 22.1 Å². The monoisotopic (exact) mass is 546 g/mol. The first-order chi connectivity index (χ1) is 18.7. The van der Waals surface area contributed by atoms with Crippen LogP contribution in [0.5, 0.6) is 0 Å². The van der Waals surface area contributed by atoms with Crippen LogP contribution >= 0.6 is 11.3 Å². The number of amides is 2. The maximum Gasteiger partial charge on any atom is 0.274 e. The standard InChI is InChI=1S/C29H31FN6O2S/c1-29(2,3)27(38)32-20-8-10-21(11-9-20)36-15-5-6-23(36)22-18-39-28(33-22)34-26(37)24-7-4-14-35(24)17-19-12-13-31-25(30)16-19/h4,7-14,16,18,23H,5-6,15,17H2,1-3H3,(H,32,38)(H,33,34,37). The first-order valence-corrected chi connectivity index (χ1v) is 13.8. The van der Waals surface area contributed by atoms with Gasteiger partial charge < -0.3 is 14.8 Å². The highest BCUT2D eigenvalue weighted by Crippen LogP contribution is 2.37. The molecule has 0 bridgehead atoms. The minimum atomic E-state index is -0.551. The van der Waals surface area contributed by atoms with Crippen molar-refractivity contribution in [3.8, 4) is 0 Å². The Kier molecular flexibility index (Phi) is 7.47. The number of anilines is 3. The van der Waals surface area contributed by atoms with Crippen molar-refractivity contribution >= 4 is 39.7 Å². The molecule has 8 nitrogen and oxygen atoms in total. The zero-order valence-corrected chi connectivity index (χ0v) is 23.0. The molecule has 10 heteroatoms. The number of thiazole rings is 1. The smallest absolute Gasteiger partial charge is 0.274 e. The lowest BCUT2D eigenvalue weighted by atomic mass is 9.95. The number of halogens is 1. The van der Waals surface area contributed by atoms with Gasteiger partial charge in [0.25, 0.3) is 5.91 Å². The second kappa shape index (κ2) is 11.0. The molecular formula is C29H31FN6O2S. The van der Waals surface area contributed by atoms with Crippen LogP contribution < -0.4 is 15.5 Å². The average Bonchev–Trinajstić information content (AvgIpc) is 3.65. The lowest BCUT2D eigenvalue weighted by Crippen LogP contribution is -2.27. The van der Waals surface area contributed by atoms with Crippen molar-refractivity contribution in [3.05, 3.63) is 89.2 Å². The van der Waals surface area contributed by atoms with Gasteiger partial charge in [0, 0.05) is 47.7 Å². The predicted octanol–water partition coefficient (Wildman–Crippen LogP) is 6.11. The van der Waals surface area contributed by atoms with Gasteiger partial charge in [0.05, 0.1) is 11.7 Å². The molecule has 4 aromatic rings. The predicted molar refractivity (Wildman–Crippen MR) is 152 cm³/mol. The number of nitrogens with zero attached hydrogens (tertiary/aromatic N) is 4. The molecule has 1 fully saturated rings. The van der Waals surface area contributed by atoms with Crippen LogP contribution in [0.4, 0.5) is 20.9 Å². The number of hydrogen-bond donors (Lipinski definition) is 2. The van der Waals surface area contributed by atoms with Gasteiger partial charge in [-0.05, 0) is 66.9 Å². The van der Waals surface area contributed by atoms with E-state index < -0.39 is 11.4 Å². The van der Waals surface area contributed by atoms with Gasteiger partial charge in [-0.25, -0.2) is 9.97 Å². The number of benzene rings is 1. The normalized spacial score (nSPS) is 15.4. The number of nitrogens with one attached hydrogen (secondary N) is 2. The van der Waals surface area contributed by atoms with Crippen LogP contribution in [0.15, 0.2) is 66.3 Å². The summed E-state index contributed by atoms with van der Waals surface area (Å²) in [6.45, 7) is 6.92. The first kappa shape index (κ1) is 26.6. The van der Waals surface area contributed by atoms with Crippen LogP contribution in [-0.4, -0.2) is 32.9 Å². The van der Waals surface area contributed by atoms with Crippen molar-refractivity contribution in [1.29, 1.82) is 0 Å². The molecular weight excluding hydrogens is 515 g/mol. The van der Waals surface area contributed by atoms with Crippen LogP contribution in [-0.2, 0) is 11.3 Å². The lowest BCUT2D eigenvalue weighted by Gasteiger charge is -2.26. The van der Waals surface area contributed by atoms with E-state index in [4.69, 9.17) is 4.98 Å². The molecule has 3 aromatic heterocycles. The second-order valence-electron chi connectivity index (χ2n) is 10.6. The van der Waals surface area contributed by atoms with Crippen molar-refractivity contribution < 1.29 is 14.0 Å². The van der Waals surface area contributed by atoms with Gasteiger partial charge >= 0.3 is 0 Å². The summed E-state index contributed by atoms with van der Waals surface area (Å²) in [6.07, 6.45) is 5.20. The summed E-state index contributed by atoms with van der Waals surface area (Å²) in [4.78, 5) is 36.0. The molecule has 1 atom stereocenters. The van der Waals surface area contributed by atoms with E-state index in [2.05, 4.69) is 20.5 Å². The summed E-state index contributed by atoms with van der Waals surface area (Å²) in [6, 6.07) is 14.6. The number of carbonyl (C=O) groups excluding carboxylic acids is 2. The summed E-state index contributed by atoms with van der Waals surface area (Å²) >= 11 is 1.40. The number of pyridine rings is 1. The Balaban J connectivity index is 1.25. The van der Waals surface area contributed by atoms with Gasteiger partial charge in [-0.1, -0.05) is 20.8 Å². The summed E-state index contributed by atoms with van der Waals surface area (Å²) < 4.78 is 15.3. The van der Waals surface area contributed by atoms with Crippen LogP contribution in [0.1, 0.15) is 61.4 Å². The van der Waals surface area contributed by atoms with Crippen molar-refractivity contribution in [1.82, 2.24) is 14.5 Å². The highest BCUT2D eigenvalue weighted by molar-refractivity contribution is 7.14. The Morgan fingerprint density at radius 1 is 1.13 bits per heavy atom. The minimum absolute atomic E-state index is 0.0233. The lowest BCUT2D eigenvalue weighted by molar-refractivity contribution is -0.123. The molecule has 202 valence electrons. The van der Waals surface area contributed by atoms with Crippen LogP contribution in [0.2, 0.25) is 0 Å². The molecule has 1 aromatic carbocycles. The molecule has 1 aliphatic rings. The molecule has 39 heavy (non-hydrogen) atoms. The number of aromatic nitrogens is 3. The topological polar surface area (TPSA) is 92.2 Å². The van der Waals surface area contributed by atoms with Crippen molar-refractivity contribution in [2.45, 2.75) is 46.2 Å². The van der Waals surface area contributed by atoms with E-state index in [-0.39, 0.29) is 17.9 Å². The fourth-order valence-corrected chi connectivity index (χ4v) is 5.34. The second-order valence-corrected chi connectivity index (χ2v) is 11.5. The molecule has 0 aliphatic carbocycles. The highest BCUT2D eigenvalue weighted by atomic mass is 32.1. The quantitative estimate of drug-likeness (QED) is 0.273. The Labute approximate surface area is 230 Å². The zero-order chi connectivity index (χ0) is 27.6. The summed E-state index contributed by atoms with van der Waals surface area (Å²) in [5, 5.41) is 8.41. The van der Waals surface area contributed by atoms with E-state index in [0.717, 1.165) is 42.0 Å². The fourth-order valence-electron chi connectivity index (χ4n) is 4.59. The van der Waals surface area contributed by atoms with Gasteiger partial charge in [0.15, 0.2) is 5.13 Å². The maximum atomic E-state index is 13.5. The molecule has 4 heterocycles.